The second-order valence-electron chi connectivity index (χ2n) is 3.42. The van der Waals surface area contributed by atoms with E-state index in [4.69, 9.17) is 11.6 Å². The molecule has 0 fully saturated rings. The summed E-state index contributed by atoms with van der Waals surface area (Å²) >= 11 is 0. The summed E-state index contributed by atoms with van der Waals surface area (Å²) in [6.45, 7) is 0. The zero-order chi connectivity index (χ0) is 8.60. The molecular weight excluding hydrogens is 150 g/mol. The molecule has 0 bridgehead atoms. The fourth-order valence-electron chi connectivity index (χ4n) is 1.75. The summed E-state index contributed by atoms with van der Waals surface area (Å²) in [4.78, 5) is 0. The van der Waals surface area contributed by atoms with E-state index >= 15 is 0 Å². The minimum absolute atomic E-state index is 0.427. The largest absolute Gasteiger partial charge is 0.312 e. The minimum atomic E-state index is -0.427. The van der Waals surface area contributed by atoms with Crippen LogP contribution in [0, 0.1) is 0 Å². The summed E-state index contributed by atoms with van der Waals surface area (Å²) in [7, 11) is 0. The van der Waals surface area contributed by atoms with Gasteiger partial charge in [-0.1, -0.05) is 24.3 Å². The van der Waals surface area contributed by atoms with Crippen molar-refractivity contribution < 1.29 is 0 Å². The van der Waals surface area contributed by atoms with Gasteiger partial charge in [0.2, 0.25) is 0 Å². The van der Waals surface area contributed by atoms with Crippen molar-refractivity contribution in [2.45, 2.75) is 18.5 Å². The van der Waals surface area contributed by atoms with Crippen molar-refractivity contribution >= 4 is 0 Å². The second kappa shape index (κ2) is 2.55. The SMILES string of the molecule is NNC1(N)Cc2ccccc2C1. The fourth-order valence-corrected chi connectivity index (χ4v) is 1.75. The highest BCUT2D eigenvalue weighted by atomic mass is 15.3. The van der Waals surface area contributed by atoms with Crippen molar-refractivity contribution in [3.63, 3.8) is 0 Å². The molecule has 64 valence electrons. The molecule has 0 atom stereocenters. The molecule has 0 spiro atoms. The molecule has 3 nitrogen and oxygen atoms in total. The maximum Gasteiger partial charge on any atom is 0.0871 e. The van der Waals surface area contributed by atoms with Gasteiger partial charge in [0.1, 0.15) is 0 Å². The van der Waals surface area contributed by atoms with Crippen LogP contribution in [0.15, 0.2) is 24.3 Å². The Balaban J connectivity index is 2.33. The molecule has 1 aliphatic rings. The lowest BCUT2D eigenvalue weighted by Gasteiger charge is -2.21. The molecule has 0 saturated carbocycles. The van der Waals surface area contributed by atoms with Gasteiger partial charge in [-0.25, -0.2) is 5.43 Å². The number of nitrogens with one attached hydrogen (secondary N) is 1. The van der Waals surface area contributed by atoms with Crippen LogP contribution < -0.4 is 17.0 Å². The van der Waals surface area contributed by atoms with E-state index in [1.54, 1.807) is 0 Å². The number of hydrogen-bond acceptors (Lipinski definition) is 3. The van der Waals surface area contributed by atoms with E-state index in [-0.39, 0.29) is 0 Å². The summed E-state index contributed by atoms with van der Waals surface area (Å²) in [5.41, 5.74) is 10.8. The molecule has 5 N–H and O–H groups in total. The summed E-state index contributed by atoms with van der Waals surface area (Å²) < 4.78 is 0. The van der Waals surface area contributed by atoms with Crippen LogP contribution >= 0.6 is 0 Å². The summed E-state index contributed by atoms with van der Waals surface area (Å²) in [5.74, 6) is 5.37. The molecule has 0 unspecified atom stereocenters. The molecule has 0 aromatic heterocycles. The summed E-state index contributed by atoms with van der Waals surface area (Å²) in [5, 5.41) is 0. The normalized spacial score (nSPS) is 19.2. The molecule has 0 aliphatic heterocycles. The lowest BCUT2D eigenvalue weighted by Crippen LogP contribution is -2.57. The molecule has 12 heavy (non-hydrogen) atoms. The highest BCUT2D eigenvalue weighted by Gasteiger charge is 2.31. The van der Waals surface area contributed by atoms with Gasteiger partial charge in [0.15, 0.2) is 0 Å². The van der Waals surface area contributed by atoms with Gasteiger partial charge in [-0.2, -0.15) is 0 Å². The van der Waals surface area contributed by atoms with Gasteiger partial charge in [0.25, 0.3) is 0 Å². The van der Waals surface area contributed by atoms with Crippen LogP contribution in [0.1, 0.15) is 11.1 Å². The van der Waals surface area contributed by atoms with Crippen molar-refractivity contribution in [1.82, 2.24) is 5.43 Å². The van der Waals surface area contributed by atoms with Crippen LogP contribution in [0.2, 0.25) is 0 Å². The quantitative estimate of drug-likeness (QED) is 0.308. The average molecular weight is 163 g/mol. The van der Waals surface area contributed by atoms with Crippen molar-refractivity contribution in [3.05, 3.63) is 35.4 Å². The van der Waals surface area contributed by atoms with Crippen molar-refractivity contribution in [2.75, 3.05) is 0 Å². The van der Waals surface area contributed by atoms with Crippen LogP contribution in [0.25, 0.3) is 0 Å². The molecule has 0 amide bonds. The Morgan fingerprint density at radius 1 is 1.17 bits per heavy atom. The van der Waals surface area contributed by atoms with Crippen LogP contribution in [-0.2, 0) is 12.8 Å². The predicted molar refractivity (Wildman–Crippen MR) is 48.1 cm³/mol. The van der Waals surface area contributed by atoms with Gasteiger partial charge in [-0.3, -0.25) is 5.84 Å². The van der Waals surface area contributed by atoms with E-state index in [2.05, 4.69) is 17.6 Å². The van der Waals surface area contributed by atoms with E-state index in [9.17, 15) is 0 Å². The first-order valence-corrected chi connectivity index (χ1v) is 4.07. The van der Waals surface area contributed by atoms with E-state index in [0.717, 1.165) is 12.8 Å². The maximum absolute atomic E-state index is 5.97. The van der Waals surface area contributed by atoms with E-state index in [0.29, 0.717) is 0 Å². The first kappa shape index (κ1) is 7.73. The van der Waals surface area contributed by atoms with Gasteiger partial charge in [0, 0.05) is 12.8 Å². The first-order valence-electron chi connectivity index (χ1n) is 4.07. The smallest absolute Gasteiger partial charge is 0.0871 e. The fraction of sp³-hybridized carbons (Fsp3) is 0.333. The molecule has 0 saturated heterocycles. The Morgan fingerprint density at radius 2 is 1.67 bits per heavy atom. The number of nitrogens with two attached hydrogens (primary N) is 2. The third kappa shape index (κ3) is 1.12. The third-order valence-electron chi connectivity index (χ3n) is 2.42. The Hall–Kier alpha value is -0.900. The monoisotopic (exact) mass is 163 g/mol. The zero-order valence-corrected chi connectivity index (χ0v) is 6.88. The average Bonchev–Trinajstić information content (AvgIpc) is 2.42. The highest BCUT2D eigenvalue weighted by molar-refractivity contribution is 5.35. The van der Waals surface area contributed by atoms with Crippen molar-refractivity contribution in [2.24, 2.45) is 11.6 Å². The molecule has 1 aliphatic carbocycles. The molecule has 3 heteroatoms. The Bertz CT molecular complexity index is 271. The number of hydrazine groups is 1. The Labute approximate surface area is 71.7 Å². The van der Waals surface area contributed by atoms with Crippen LogP contribution in [0.4, 0.5) is 0 Å². The third-order valence-corrected chi connectivity index (χ3v) is 2.42. The Morgan fingerprint density at radius 3 is 2.08 bits per heavy atom. The van der Waals surface area contributed by atoms with Gasteiger partial charge < -0.3 is 5.73 Å². The number of fused-ring (bicyclic) bond motifs is 1. The molecule has 0 radical (unpaired) electrons. The van der Waals surface area contributed by atoms with E-state index < -0.39 is 5.66 Å². The molecular formula is C9H13N3. The van der Waals surface area contributed by atoms with Crippen molar-refractivity contribution in [3.8, 4) is 0 Å². The summed E-state index contributed by atoms with van der Waals surface area (Å²) in [6.07, 6.45) is 1.64. The molecule has 1 aromatic rings. The standard InChI is InChI=1S/C9H13N3/c10-9(12-11)5-7-3-1-2-4-8(7)6-9/h1-4,12H,5-6,10-11H2. The second-order valence-corrected chi connectivity index (χ2v) is 3.42. The van der Waals surface area contributed by atoms with E-state index in [1.165, 1.54) is 11.1 Å². The maximum atomic E-state index is 5.97. The van der Waals surface area contributed by atoms with Crippen molar-refractivity contribution in [1.29, 1.82) is 0 Å². The van der Waals surface area contributed by atoms with Gasteiger partial charge in [-0.15, -0.1) is 0 Å². The predicted octanol–water partition coefficient (Wildman–Crippen LogP) is -0.0965. The first-order chi connectivity index (χ1) is 5.73. The van der Waals surface area contributed by atoms with Crippen LogP contribution in [0.5, 0.6) is 0 Å². The topological polar surface area (TPSA) is 64.1 Å². The Kier molecular flexibility index (Phi) is 1.65. The highest BCUT2D eigenvalue weighted by Crippen LogP contribution is 2.25. The minimum Gasteiger partial charge on any atom is -0.312 e. The van der Waals surface area contributed by atoms with Gasteiger partial charge in [0.05, 0.1) is 5.66 Å². The van der Waals surface area contributed by atoms with Gasteiger partial charge in [-0.05, 0) is 11.1 Å². The van der Waals surface area contributed by atoms with Crippen LogP contribution in [0.3, 0.4) is 0 Å². The number of hydrogen-bond donors (Lipinski definition) is 3. The molecule has 1 aromatic carbocycles. The lowest BCUT2D eigenvalue weighted by atomic mass is 10.1. The number of rotatable bonds is 1. The zero-order valence-electron chi connectivity index (χ0n) is 6.88. The molecule has 0 heterocycles. The van der Waals surface area contributed by atoms with Gasteiger partial charge >= 0.3 is 0 Å². The van der Waals surface area contributed by atoms with E-state index in [1.807, 2.05) is 12.1 Å². The lowest BCUT2D eigenvalue weighted by molar-refractivity contribution is 0.359. The summed E-state index contributed by atoms with van der Waals surface area (Å²) in [6, 6.07) is 8.25. The molecule has 2 rings (SSSR count). The van der Waals surface area contributed by atoms with Crippen LogP contribution in [-0.4, -0.2) is 5.66 Å². The number of benzene rings is 1.